The Kier molecular flexibility index (Phi) is 15.4. The summed E-state index contributed by atoms with van der Waals surface area (Å²) in [5, 5.41) is 12.8. The highest BCUT2D eigenvalue weighted by molar-refractivity contribution is 5.95. The molecule has 0 saturated carbocycles. The predicted octanol–water partition coefficient (Wildman–Crippen LogP) is 3.45. The molecule has 0 bridgehead atoms. The molecule has 11 heteroatoms. The molecule has 1 rings (SSSR count). The van der Waals surface area contributed by atoms with Crippen LogP contribution in [0.25, 0.3) is 0 Å². The van der Waals surface area contributed by atoms with Crippen molar-refractivity contribution in [2.45, 2.75) is 98.3 Å². The summed E-state index contributed by atoms with van der Waals surface area (Å²) in [4.78, 5) is 70.5. The van der Waals surface area contributed by atoms with E-state index in [0.717, 1.165) is 5.56 Å². The molecule has 0 aliphatic rings. The van der Waals surface area contributed by atoms with Crippen molar-refractivity contribution in [2.24, 2.45) is 17.8 Å². The number of carboxylic acid groups (broad SMARTS) is 1. The lowest BCUT2D eigenvalue weighted by Crippen LogP contribution is -2.60. The summed E-state index contributed by atoms with van der Waals surface area (Å²) in [5.74, 6) is -3.01. The first-order valence-corrected chi connectivity index (χ1v) is 15.5. The zero-order valence-electron chi connectivity index (χ0n) is 28.4. The lowest BCUT2D eigenvalue weighted by atomic mass is 9.95. The smallest absolute Gasteiger partial charge is 0.326 e. The topological polar surface area (TPSA) is 137 Å². The van der Waals surface area contributed by atoms with Gasteiger partial charge in [0.05, 0.1) is 7.11 Å². The molecule has 0 aliphatic heterocycles. The second kappa shape index (κ2) is 17.6. The highest BCUT2D eigenvalue weighted by atomic mass is 16.5. The van der Waals surface area contributed by atoms with Crippen molar-refractivity contribution in [1.82, 2.24) is 20.0 Å². The SMILES string of the molecule is CCCC(=O)N(C)[C@H](C(=O)N[C@H](C(=O)N(C)[C@@H](Cc1ccc(OC)cc1)C(=O)N(C)[C@H](C(=O)O)C(C)CC)C(C)C)C(C)C. The molecule has 0 saturated heterocycles. The summed E-state index contributed by atoms with van der Waals surface area (Å²) < 4.78 is 5.25. The molecule has 1 aromatic carbocycles. The number of amides is 4. The molecule has 2 N–H and O–H groups in total. The van der Waals surface area contributed by atoms with Gasteiger partial charge in [0.2, 0.25) is 23.6 Å². The largest absolute Gasteiger partial charge is 0.497 e. The molecule has 0 fully saturated rings. The number of ether oxygens (including phenoxy) is 1. The van der Waals surface area contributed by atoms with Gasteiger partial charge in [-0.2, -0.15) is 0 Å². The Morgan fingerprint density at radius 1 is 0.818 bits per heavy atom. The summed E-state index contributed by atoms with van der Waals surface area (Å²) in [6.07, 6.45) is 1.61. The van der Waals surface area contributed by atoms with Crippen LogP contribution < -0.4 is 10.1 Å². The van der Waals surface area contributed by atoms with E-state index in [1.807, 2.05) is 27.7 Å². The number of nitrogens with one attached hydrogen (secondary N) is 1. The van der Waals surface area contributed by atoms with Gasteiger partial charge < -0.3 is 29.9 Å². The van der Waals surface area contributed by atoms with Crippen LogP contribution in [0.4, 0.5) is 0 Å². The number of hydrogen-bond acceptors (Lipinski definition) is 6. The second-order valence-corrected chi connectivity index (χ2v) is 12.3. The highest BCUT2D eigenvalue weighted by Crippen LogP contribution is 2.21. The number of nitrogens with zero attached hydrogens (tertiary/aromatic N) is 3. The van der Waals surface area contributed by atoms with Crippen molar-refractivity contribution in [3.05, 3.63) is 29.8 Å². The van der Waals surface area contributed by atoms with E-state index in [9.17, 15) is 29.1 Å². The minimum Gasteiger partial charge on any atom is -0.497 e. The molecule has 11 nitrogen and oxygen atoms in total. The van der Waals surface area contributed by atoms with Crippen LogP contribution in [0.2, 0.25) is 0 Å². The highest BCUT2D eigenvalue weighted by Gasteiger charge is 2.40. The molecule has 4 amide bonds. The normalized spacial score (nSPS) is 14.7. The number of hydrogen-bond donors (Lipinski definition) is 2. The molecule has 248 valence electrons. The van der Waals surface area contributed by atoms with Gasteiger partial charge in [0, 0.05) is 34.0 Å². The van der Waals surface area contributed by atoms with Crippen LogP contribution in [0.3, 0.4) is 0 Å². The Morgan fingerprint density at radius 3 is 1.82 bits per heavy atom. The molecule has 44 heavy (non-hydrogen) atoms. The monoisotopic (exact) mass is 618 g/mol. The summed E-state index contributed by atoms with van der Waals surface area (Å²) in [6, 6.07) is 3.16. The van der Waals surface area contributed by atoms with Crippen LogP contribution in [0, 0.1) is 17.8 Å². The first kappa shape index (κ1) is 38.4. The molecule has 1 aromatic rings. The molecule has 0 heterocycles. The maximum Gasteiger partial charge on any atom is 0.326 e. The van der Waals surface area contributed by atoms with E-state index in [0.29, 0.717) is 25.0 Å². The average Bonchev–Trinajstić information content (AvgIpc) is 2.97. The van der Waals surface area contributed by atoms with Crippen molar-refractivity contribution in [2.75, 3.05) is 28.3 Å². The zero-order chi connectivity index (χ0) is 33.9. The number of rotatable bonds is 17. The Hall–Kier alpha value is -3.63. The lowest BCUT2D eigenvalue weighted by Gasteiger charge is -2.38. The first-order chi connectivity index (χ1) is 20.5. The number of benzene rings is 1. The van der Waals surface area contributed by atoms with Crippen LogP contribution in [0.5, 0.6) is 5.75 Å². The van der Waals surface area contributed by atoms with Crippen LogP contribution >= 0.6 is 0 Å². The van der Waals surface area contributed by atoms with Crippen molar-refractivity contribution < 1.29 is 33.8 Å². The third-order valence-electron chi connectivity index (χ3n) is 8.29. The fraction of sp³-hybridized carbons (Fsp3) is 0.667. The maximum absolute atomic E-state index is 14.1. The van der Waals surface area contributed by atoms with E-state index in [2.05, 4.69) is 5.32 Å². The van der Waals surface area contributed by atoms with Crippen LogP contribution in [-0.2, 0) is 30.4 Å². The Bertz CT molecular complexity index is 1120. The predicted molar refractivity (Wildman–Crippen MR) is 170 cm³/mol. The number of carbonyl (C=O) groups excluding carboxylic acids is 4. The molecular weight excluding hydrogens is 564 g/mol. The van der Waals surface area contributed by atoms with Crippen molar-refractivity contribution in [1.29, 1.82) is 0 Å². The molecule has 5 atom stereocenters. The second-order valence-electron chi connectivity index (χ2n) is 12.3. The number of aliphatic carboxylic acids is 1. The quantitative estimate of drug-likeness (QED) is 0.273. The minimum absolute atomic E-state index is 0.115. The minimum atomic E-state index is -1.12. The van der Waals surface area contributed by atoms with E-state index < -0.39 is 47.9 Å². The number of likely N-dealkylation sites (N-methyl/N-ethyl adjacent to an activating group) is 3. The number of carbonyl (C=O) groups is 5. The zero-order valence-corrected chi connectivity index (χ0v) is 28.4. The molecule has 0 aromatic heterocycles. The van der Waals surface area contributed by atoms with Gasteiger partial charge in [0.25, 0.3) is 0 Å². The third kappa shape index (κ3) is 9.95. The van der Waals surface area contributed by atoms with Gasteiger partial charge in [-0.25, -0.2) is 4.79 Å². The van der Waals surface area contributed by atoms with Gasteiger partial charge in [0.1, 0.15) is 29.9 Å². The van der Waals surface area contributed by atoms with Crippen LogP contribution in [0.1, 0.15) is 73.3 Å². The fourth-order valence-electron chi connectivity index (χ4n) is 5.36. The molecule has 0 spiro atoms. The third-order valence-corrected chi connectivity index (χ3v) is 8.29. The van der Waals surface area contributed by atoms with Crippen molar-refractivity contribution in [3.63, 3.8) is 0 Å². The average molecular weight is 619 g/mol. The lowest BCUT2D eigenvalue weighted by molar-refractivity contribution is -0.155. The number of methoxy groups -OCH3 is 1. The van der Waals surface area contributed by atoms with E-state index in [4.69, 9.17) is 4.74 Å². The summed E-state index contributed by atoms with van der Waals surface area (Å²) in [5.41, 5.74) is 0.744. The maximum atomic E-state index is 14.1. The van der Waals surface area contributed by atoms with Crippen LogP contribution in [-0.4, -0.2) is 102 Å². The van der Waals surface area contributed by atoms with E-state index in [1.165, 1.54) is 28.8 Å². The first-order valence-electron chi connectivity index (χ1n) is 15.5. The Balaban J connectivity index is 3.49. The molecular formula is C33H54N4O7. The van der Waals surface area contributed by atoms with Gasteiger partial charge in [0.15, 0.2) is 0 Å². The van der Waals surface area contributed by atoms with Gasteiger partial charge in [-0.15, -0.1) is 0 Å². The molecule has 0 aliphatic carbocycles. The summed E-state index contributed by atoms with van der Waals surface area (Å²) in [6.45, 7) is 12.8. The van der Waals surface area contributed by atoms with Crippen molar-refractivity contribution in [3.8, 4) is 5.75 Å². The van der Waals surface area contributed by atoms with Gasteiger partial charge in [-0.05, 0) is 41.9 Å². The summed E-state index contributed by atoms with van der Waals surface area (Å²) >= 11 is 0. The van der Waals surface area contributed by atoms with E-state index in [1.54, 1.807) is 59.2 Å². The van der Waals surface area contributed by atoms with Crippen LogP contribution in [0.15, 0.2) is 24.3 Å². The van der Waals surface area contributed by atoms with E-state index in [-0.39, 0.29) is 30.1 Å². The number of carboxylic acids is 1. The van der Waals surface area contributed by atoms with Gasteiger partial charge >= 0.3 is 5.97 Å². The molecule has 1 unspecified atom stereocenters. The molecule has 0 radical (unpaired) electrons. The summed E-state index contributed by atoms with van der Waals surface area (Å²) in [7, 11) is 6.09. The Morgan fingerprint density at radius 2 is 1.39 bits per heavy atom. The van der Waals surface area contributed by atoms with Crippen molar-refractivity contribution >= 4 is 29.6 Å². The van der Waals surface area contributed by atoms with Gasteiger partial charge in [-0.1, -0.05) is 67.0 Å². The van der Waals surface area contributed by atoms with Gasteiger partial charge in [-0.3, -0.25) is 19.2 Å². The Labute approximate surface area is 263 Å². The standard InChI is InChI=1S/C33H54N4O7/c1-12-14-26(38)36(9)28(21(5)6)30(39)34-27(20(3)4)32(41)35(8)25(19-23-15-17-24(44-11)18-16-23)31(40)37(10)29(33(42)43)22(7)13-2/h15-18,20-22,25,27-29H,12-14,19H2,1-11H3,(H,34,39)(H,42,43)/t22?,25-,27-,28-,29-/m0/s1. The fourth-order valence-corrected chi connectivity index (χ4v) is 5.36. The van der Waals surface area contributed by atoms with E-state index >= 15 is 0 Å².